The molecule has 126 valence electrons. The summed E-state index contributed by atoms with van der Waals surface area (Å²) in [4.78, 5) is 23.4. The highest BCUT2D eigenvalue weighted by molar-refractivity contribution is 5.93. The number of rotatable bonds is 7. The van der Waals surface area contributed by atoms with Crippen molar-refractivity contribution in [2.75, 3.05) is 11.9 Å². The molecule has 5 N–H and O–H groups in total. The standard InChI is InChI=1S/C17H25N3O3/c18-11-4-3-9-15(16(21)22)20-17(23)19-14-10-5-7-12-6-1-2-8-13(12)14/h5,7,10,15H,1-4,6,8-9,11,18H2,(H,21,22)(H2,19,20,23). The summed E-state index contributed by atoms with van der Waals surface area (Å²) in [6, 6.07) is 4.53. The highest BCUT2D eigenvalue weighted by Gasteiger charge is 2.20. The monoisotopic (exact) mass is 319 g/mol. The zero-order chi connectivity index (χ0) is 16.7. The van der Waals surface area contributed by atoms with Crippen molar-refractivity contribution in [2.45, 2.75) is 51.0 Å². The quantitative estimate of drug-likeness (QED) is 0.579. The summed E-state index contributed by atoms with van der Waals surface area (Å²) in [6.07, 6.45) is 6.07. The first-order chi connectivity index (χ1) is 11.1. The van der Waals surface area contributed by atoms with Crippen molar-refractivity contribution in [3.63, 3.8) is 0 Å². The van der Waals surface area contributed by atoms with E-state index >= 15 is 0 Å². The topological polar surface area (TPSA) is 104 Å². The van der Waals surface area contributed by atoms with Gasteiger partial charge in [0.1, 0.15) is 6.04 Å². The molecular formula is C17H25N3O3. The second-order valence-electron chi connectivity index (χ2n) is 5.92. The van der Waals surface area contributed by atoms with Gasteiger partial charge in [0.05, 0.1) is 0 Å². The summed E-state index contributed by atoms with van der Waals surface area (Å²) >= 11 is 0. The van der Waals surface area contributed by atoms with Crippen LogP contribution in [0.4, 0.5) is 10.5 Å². The molecule has 1 aliphatic carbocycles. The number of nitrogens with two attached hydrogens (primary N) is 1. The number of hydrogen-bond donors (Lipinski definition) is 4. The van der Waals surface area contributed by atoms with Gasteiger partial charge in [0, 0.05) is 5.69 Å². The van der Waals surface area contributed by atoms with Gasteiger partial charge in [-0.15, -0.1) is 0 Å². The lowest BCUT2D eigenvalue weighted by atomic mass is 9.90. The van der Waals surface area contributed by atoms with E-state index in [2.05, 4.69) is 16.7 Å². The minimum absolute atomic E-state index is 0.382. The molecule has 0 saturated carbocycles. The van der Waals surface area contributed by atoms with E-state index in [0.717, 1.165) is 31.4 Å². The summed E-state index contributed by atoms with van der Waals surface area (Å²) in [6.45, 7) is 0.523. The number of hydrogen-bond acceptors (Lipinski definition) is 3. The molecule has 0 bridgehead atoms. The normalized spacial score (nSPS) is 14.7. The molecule has 6 nitrogen and oxygen atoms in total. The fraction of sp³-hybridized carbons (Fsp3) is 0.529. The third-order valence-electron chi connectivity index (χ3n) is 4.19. The Labute approximate surface area is 136 Å². The highest BCUT2D eigenvalue weighted by atomic mass is 16.4. The average molecular weight is 319 g/mol. The minimum atomic E-state index is -1.02. The minimum Gasteiger partial charge on any atom is -0.480 e. The Morgan fingerprint density at radius 3 is 2.74 bits per heavy atom. The Morgan fingerprint density at radius 1 is 1.22 bits per heavy atom. The average Bonchev–Trinajstić information content (AvgIpc) is 2.54. The molecular weight excluding hydrogens is 294 g/mol. The molecule has 0 radical (unpaired) electrons. The predicted octanol–water partition coefficient (Wildman–Crippen LogP) is 2.27. The first-order valence-corrected chi connectivity index (χ1v) is 8.23. The summed E-state index contributed by atoms with van der Waals surface area (Å²) < 4.78 is 0. The number of urea groups is 1. The Morgan fingerprint density at radius 2 is 2.00 bits per heavy atom. The van der Waals surface area contributed by atoms with E-state index < -0.39 is 18.0 Å². The van der Waals surface area contributed by atoms with Gasteiger partial charge in [-0.05, 0) is 68.7 Å². The van der Waals surface area contributed by atoms with Crippen molar-refractivity contribution in [1.82, 2.24) is 5.32 Å². The number of carbonyl (C=O) groups is 2. The van der Waals surface area contributed by atoms with E-state index in [1.807, 2.05) is 12.1 Å². The van der Waals surface area contributed by atoms with Gasteiger partial charge < -0.3 is 21.5 Å². The van der Waals surface area contributed by atoms with E-state index in [-0.39, 0.29) is 0 Å². The van der Waals surface area contributed by atoms with Crippen molar-refractivity contribution >= 4 is 17.7 Å². The van der Waals surface area contributed by atoms with E-state index in [4.69, 9.17) is 5.73 Å². The lowest BCUT2D eigenvalue weighted by Crippen LogP contribution is -2.43. The van der Waals surface area contributed by atoms with Crippen LogP contribution in [0.1, 0.15) is 43.2 Å². The second kappa shape index (κ2) is 8.53. The van der Waals surface area contributed by atoms with Crippen molar-refractivity contribution in [1.29, 1.82) is 0 Å². The Bertz CT molecular complexity index is 560. The van der Waals surface area contributed by atoms with Crippen LogP contribution in [0.25, 0.3) is 0 Å². The summed E-state index contributed by atoms with van der Waals surface area (Å²) in [5, 5.41) is 14.6. The Balaban J connectivity index is 1.97. The number of aliphatic carboxylic acids is 1. The number of carboxylic acid groups (broad SMARTS) is 1. The molecule has 23 heavy (non-hydrogen) atoms. The van der Waals surface area contributed by atoms with Crippen LogP contribution in [0.5, 0.6) is 0 Å². The molecule has 0 spiro atoms. The van der Waals surface area contributed by atoms with Crippen LogP contribution >= 0.6 is 0 Å². The molecule has 0 heterocycles. The molecule has 0 saturated heterocycles. The van der Waals surface area contributed by atoms with E-state index in [9.17, 15) is 14.7 Å². The maximum atomic E-state index is 12.1. The van der Waals surface area contributed by atoms with Gasteiger partial charge in [0.15, 0.2) is 0 Å². The van der Waals surface area contributed by atoms with Gasteiger partial charge in [-0.2, -0.15) is 0 Å². The van der Waals surface area contributed by atoms with Crippen molar-refractivity contribution in [3.8, 4) is 0 Å². The summed E-state index contributed by atoms with van der Waals surface area (Å²) in [5.74, 6) is -1.02. The predicted molar refractivity (Wildman–Crippen MR) is 89.6 cm³/mol. The van der Waals surface area contributed by atoms with E-state index in [1.165, 1.54) is 17.5 Å². The lowest BCUT2D eigenvalue weighted by Gasteiger charge is -2.21. The Hall–Kier alpha value is -2.08. The van der Waals surface area contributed by atoms with Crippen LogP contribution in [0, 0.1) is 0 Å². The molecule has 0 fully saturated rings. The van der Waals surface area contributed by atoms with Crippen LogP contribution in [0.2, 0.25) is 0 Å². The molecule has 0 aliphatic heterocycles. The number of aryl methyl sites for hydroxylation is 1. The van der Waals surface area contributed by atoms with Crippen LogP contribution in [-0.4, -0.2) is 29.7 Å². The molecule has 1 aliphatic rings. The van der Waals surface area contributed by atoms with Gasteiger partial charge in [0.25, 0.3) is 0 Å². The fourth-order valence-electron chi connectivity index (χ4n) is 2.97. The van der Waals surface area contributed by atoms with E-state index in [1.54, 1.807) is 0 Å². The van der Waals surface area contributed by atoms with Crippen LogP contribution in [0.3, 0.4) is 0 Å². The molecule has 1 aromatic carbocycles. The first kappa shape index (κ1) is 17.3. The van der Waals surface area contributed by atoms with E-state index in [0.29, 0.717) is 19.4 Å². The second-order valence-corrected chi connectivity index (χ2v) is 5.92. The maximum Gasteiger partial charge on any atom is 0.326 e. The number of carboxylic acids is 1. The number of nitrogens with one attached hydrogen (secondary N) is 2. The van der Waals surface area contributed by atoms with Crippen molar-refractivity contribution in [2.24, 2.45) is 5.73 Å². The van der Waals surface area contributed by atoms with Crippen LogP contribution < -0.4 is 16.4 Å². The van der Waals surface area contributed by atoms with Gasteiger partial charge in [-0.25, -0.2) is 9.59 Å². The van der Waals surface area contributed by atoms with Crippen molar-refractivity contribution in [3.05, 3.63) is 29.3 Å². The molecule has 0 aromatic heterocycles. The smallest absolute Gasteiger partial charge is 0.326 e. The molecule has 2 amide bonds. The third-order valence-corrected chi connectivity index (χ3v) is 4.19. The molecule has 1 unspecified atom stereocenters. The summed E-state index contributed by atoms with van der Waals surface area (Å²) in [7, 11) is 0. The molecule has 1 atom stereocenters. The van der Waals surface area contributed by atoms with Gasteiger partial charge >= 0.3 is 12.0 Å². The van der Waals surface area contributed by atoms with Crippen molar-refractivity contribution < 1.29 is 14.7 Å². The van der Waals surface area contributed by atoms with Gasteiger partial charge in [-0.3, -0.25) is 0 Å². The van der Waals surface area contributed by atoms with Crippen LogP contribution in [0.15, 0.2) is 18.2 Å². The van der Waals surface area contributed by atoms with Gasteiger partial charge in [-0.1, -0.05) is 12.1 Å². The zero-order valence-corrected chi connectivity index (χ0v) is 13.3. The molecule has 2 rings (SSSR count). The number of amides is 2. The third kappa shape index (κ3) is 4.96. The van der Waals surface area contributed by atoms with Gasteiger partial charge in [0.2, 0.25) is 0 Å². The van der Waals surface area contributed by atoms with Crippen LogP contribution in [-0.2, 0) is 17.6 Å². The lowest BCUT2D eigenvalue weighted by molar-refractivity contribution is -0.139. The number of unbranched alkanes of at least 4 members (excludes halogenated alkanes) is 1. The number of anilines is 1. The maximum absolute atomic E-state index is 12.1. The first-order valence-electron chi connectivity index (χ1n) is 8.23. The Kier molecular flexibility index (Phi) is 6.40. The number of benzene rings is 1. The molecule has 6 heteroatoms. The number of carbonyl (C=O) groups excluding carboxylic acids is 1. The fourth-order valence-corrected chi connectivity index (χ4v) is 2.97. The SMILES string of the molecule is NCCCCC(NC(=O)Nc1cccc2c1CCCC2)C(=O)O. The number of fused-ring (bicyclic) bond motifs is 1. The largest absolute Gasteiger partial charge is 0.480 e. The summed E-state index contributed by atoms with van der Waals surface area (Å²) in [5.41, 5.74) is 8.64. The highest BCUT2D eigenvalue weighted by Crippen LogP contribution is 2.27. The molecule has 1 aromatic rings. The zero-order valence-electron chi connectivity index (χ0n) is 13.3.